The van der Waals surface area contributed by atoms with Crippen LogP contribution in [0.25, 0.3) is 34.0 Å². The van der Waals surface area contributed by atoms with E-state index < -0.39 is 44.3 Å². The van der Waals surface area contributed by atoms with Crippen molar-refractivity contribution in [1.29, 1.82) is 0 Å². The molecule has 0 aliphatic rings. The summed E-state index contributed by atoms with van der Waals surface area (Å²) in [5, 5.41) is 3.39. The molecule has 0 radical (unpaired) electrons. The van der Waals surface area contributed by atoms with Crippen molar-refractivity contribution in [3.05, 3.63) is 66.1 Å². The van der Waals surface area contributed by atoms with E-state index in [2.05, 4.69) is 20.1 Å². The van der Waals surface area contributed by atoms with Gasteiger partial charge in [0.25, 0.3) is 0 Å². The second-order valence-corrected chi connectivity index (χ2v) is 16.0. The van der Waals surface area contributed by atoms with E-state index in [9.17, 15) is 18.0 Å². The molecule has 2 amide bonds. The molecule has 0 fully saturated rings. The summed E-state index contributed by atoms with van der Waals surface area (Å²) in [4.78, 5) is 40.8. The highest BCUT2D eigenvalue weighted by Crippen LogP contribution is 2.35. The molecular formula is C34H40FN7O7S. The van der Waals surface area contributed by atoms with Crippen LogP contribution in [0.15, 0.2) is 69.1 Å². The van der Waals surface area contributed by atoms with Gasteiger partial charge < -0.3 is 25.5 Å². The van der Waals surface area contributed by atoms with Crippen molar-refractivity contribution in [1.82, 2.24) is 15.1 Å². The monoisotopic (exact) mass is 709 g/mol. The van der Waals surface area contributed by atoms with Crippen LogP contribution in [0.4, 0.5) is 19.8 Å². The first-order valence-corrected chi connectivity index (χ1v) is 17.0. The van der Waals surface area contributed by atoms with Gasteiger partial charge in [0, 0.05) is 17.2 Å². The molecule has 0 unspecified atom stereocenters. The highest BCUT2D eigenvalue weighted by molar-refractivity contribution is 7.92. The Kier molecular flexibility index (Phi) is 10.7. The van der Waals surface area contributed by atoms with Crippen molar-refractivity contribution >= 4 is 33.8 Å². The minimum absolute atomic E-state index is 0.0604. The zero-order valence-electron chi connectivity index (χ0n) is 29.0. The summed E-state index contributed by atoms with van der Waals surface area (Å²) in [5.74, 6) is -1.21. The highest BCUT2D eigenvalue weighted by atomic mass is 32.2. The molecule has 0 aliphatic heterocycles. The Morgan fingerprint density at radius 2 is 1.54 bits per heavy atom. The molecule has 2 aromatic carbocycles. The van der Waals surface area contributed by atoms with E-state index in [-0.39, 0.29) is 51.6 Å². The molecule has 14 nitrogen and oxygen atoms in total. The number of aromatic nitrogens is 3. The van der Waals surface area contributed by atoms with Gasteiger partial charge in [0.05, 0.1) is 28.6 Å². The van der Waals surface area contributed by atoms with Crippen molar-refractivity contribution in [3.63, 3.8) is 0 Å². The number of ether oxygens (including phenoxy) is 2. The van der Waals surface area contributed by atoms with Crippen LogP contribution in [-0.4, -0.2) is 58.1 Å². The number of amides is 2. The minimum atomic E-state index is -3.55. The smallest absolute Gasteiger partial charge is 0.425 e. The van der Waals surface area contributed by atoms with Crippen molar-refractivity contribution in [2.75, 3.05) is 4.90 Å². The number of aliphatic imine (C=N–C) groups is 1. The molecule has 0 saturated carbocycles. The first-order chi connectivity index (χ1) is 23.2. The molecule has 0 spiro atoms. The summed E-state index contributed by atoms with van der Waals surface area (Å²) in [5.41, 5.74) is 9.89. The number of halogens is 1. The number of benzene rings is 2. The predicted molar refractivity (Wildman–Crippen MR) is 185 cm³/mol. The first kappa shape index (κ1) is 37.4. The number of anilines is 1. The molecule has 50 heavy (non-hydrogen) atoms. The molecule has 0 aliphatic carbocycles. The van der Waals surface area contributed by atoms with E-state index in [1.807, 2.05) is 0 Å². The molecule has 2 heterocycles. The average Bonchev–Trinajstić information content (AvgIpc) is 3.48. The third-order valence-corrected chi connectivity index (χ3v) is 8.88. The Morgan fingerprint density at radius 3 is 2.06 bits per heavy atom. The van der Waals surface area contributed by atoms with Crippen LogP contribution in [0.2, 0.25) is 0 Å². The predicted octanol–water partition coefficient (Wildman–Crippen LogP) is 6.24. The molecule has 4 aromatic rings. The van der Waals surface area contributed by atoms with E-state index >= 15 is 4.39 Å². The molecule has 0 bridgehead atoms. The highest BCUT2D eigenvalue weighted by Gasteiger charge is 2.37. The second-order valence-electron chi connectivity index (χ2n) is 13.5. The number of sulfone groups is 1. The summed E-state index contributed by atoms with van der Waals surface area (Å²) in [6.07, 6.45) is -0.931. The Balaban J connectivity index is 1.89. The number of nitrogens with two attached hydrogens (primary N) is 2. The van der Waals surface area contributed by atoms with Crippen molar-refractivity contribution in [2.45, 2.75) is 83.3 Å². The van der Waals surface area contributed by atoms with E-state index in [1.54, 1.807) is 73.6 Å². The summed E-state index contributed by atoms with van der Waals surface area (Å²) < 4.78 is 57.4. The van der Waals surface area contributed by atoms with Crippen molar-refractivity contribution in [2.24, 2.45) is 16.5 Å². The molecular weight excluding hydrogens is 669 g/mol. The van der Waals surface area contributed by atoms with E-state index in [1.165, 1.54) is 36.5 Å². The fourth-order valence-corrected chi connectivity index (χ4v) is 5.42. The van der Waals surface area contributed by atoms with Crippen LogP contribution < -0.4 is 16.4 Å². The van der Waals surface area contributed by atoms with Gasteiger partial charge in [-0.2, -0.15) is 4.90 Å². The van der Waals surface area contributed by atoms with E-state index in [0.717, 1.165) is 0 Å². The number of carbonyl (C=O) groups excluding carboxylic acids is 2. The number of nitrogens with zero attached hydrogens (tertiary/aromatic N) is 5. The molecule has 2 aromatic heterocycles. The molecule has 4 N–H and O–H groups in total. The Bertz CT molecular complexity index is 2000. The van der Waals surface area contributed by atoms with Gasteiger partial charge in [-0.1, -0.05) is 23.4 Å². The number of imide groups is 1. The molecule has 4 rings (SSSR count). The first-order valence-electron chi connectivity index (χ1n) is 15.4. The second kappa shape index (κ2) is 14.2. The summed E-state index contributed by atoms with van der Waals surface area (Å²) >= 11 is 0. The van der Waals surface area contributed by atoms with Crippen LogP contribution in [-0.2, 0) is 25.9 Å². The van der Waals surface area contributed by atoms with Gasteiger partial charge in [0.1, 0.15) is 22.7 Å². The lowest BCUT2D eigenvalue weighted by Crippen LogP contribution is -2.44. The fourth-order valence-electron chi connectivity index (χ4n) is 4.36. The van der Waals surface area contributed by atoms with E-state index in [4.69, 9.17) is 25.5 Å². The van der Waals surface area contributed by atoms with Gasteiger partial charge in [-0.3, -0.25) is 0 Å². The fraction of sp³-hybridized carbons (Fsp3) is 0.353. The standard InChI is InChI=1S/C34H40FN7O7S/c1-19(2)50(45,46)22-12-10-21(11-13-22)26-18-38-29(42(31(43)47-33(3,4)5)32(44)48-34(6,7)8)28(40-26)27-16-25(41-49-27)23-14-9-20(15-24(23)35)17-39-30(36)37/h9-16,18-19H,17H2,1-8H3,(H4,36,37,39). The number of rotatable bonds is 8. The Labute approximate surface area is 289 Å². The number of hydrogen-bond donors (Lipinski definition) is 2. The maximum Gasteiger partial charge on any atom is 0.425 e. The molecule has 16 heteroatoms. The Morgan fingerprint density at radius 1 is 0.940 bits per heavy atom. The van der Waals surface area contributed by atoms with Gasteiger partial charge in [0.15, 0.2) is 33.1 Å². The topological polar surface area (TPSA) is 206 Å². The molecule has 0 atom stereocenters. The van der Waals surface area contributed by atoms with Crippen LogP contribution in [0.1, 0.15) is 61.0 Å². The summed E-state index contributed by atoms with van der Waals surface area (Å²) in [7, 11) is -3.55. The third-order valence-electron chi connectivity index (χ3n) is 6.71. The zero-order chi connectivity index (χ0) is 37.2. The van der Waals surface area contributed by atoms with Gasteiger partial charge in [-0.25, -0.2) is 37.4 Å². The molecule has 266 valence electrons. The summed E-state index contributed by atoms with van der Waals surface area (Å²) in [6, 6.07) is 11.7. The van der Waals surface area contributed by atoms with Gasteiger partial charge in [-0.15, -0.1) is 0 Å². The van der Waals surface area contributed by atoms with Crippen LogP contribution in [0.3, 0.4) is 0 Å². The van der Waals surface area contributed by atoms with Crippen LogP contribution >= 0.6 is 0 Å². The maximum atomic E-state index is 15.3. The van der Waals surface area contributed by atoms with Gasteiger partial charge >= 0.3 is 12.2 Å². The number of carbonyl (C=O) groups is 2. The number of guanidine groups is 1. The van der Waals surface area contributed by atoms with Crippen LogP contribution in [0, 0.1) is 5.82 Å². The normalized spacial score (nSPS) is 12.0. The third kappa shape index (κ3) is 8.99. The lowest BCUT2D eigenvalue weighted by molar-refractivity contribution is 0.0429. The Hall–Kier alpha value is -5.38. The van der Waals surface area contributed by atoms with E-state index in [0.29, 0.717) is 16.0 Å². The number of hydrogen-bond acceptors (Lipinski definition) is 11. The van der Waals surface area contributed by atoms with Gasteiger partial charge in [-0.05, 0) is 85.2 Å². The zero-order valence-corrected chi connectivity index (χ0v) is 29.8. The van der Waals surface area contributed by atoms with Crippen molar-refractivity contribution < 1.29 is 36.4 Å². The van der Waals surface area contributed by atoms with Gasteiger partial charge in [0.2, 0.25) is 0 Å². The lowest BCUT2D eigenvalue weighted by Gasteiger charge is -2.28. The lowest BCUT2D eigenvalue weighted by atomic mass is 10.1. The van der Waals surface area contributed by atoms with Crippen LogP contribution in [0.5, 0.6) is 0 Å². The summed E-state index contributed by atoms with van der Waals surface area (Å²) in [6.45, 7) is 13.0. The maximum absolute atomic E-state index is 15.3. The largest absolute Gasteiger partial charge is 0.443 e. The quantitative estimate of drug-likeness (QED) is 0.154. The SMILES string of the molecule is CC(C)S(=O)(=O)c1ccc(-c2cnc(N(C(=O)OC(C)(C)C)C(=O)OC(C)(C)C)c(-c3cc(-c4ccc(CN=C(N)N)cc4F)no3)n2)cc1. The average molecular weight is 710 g/mol. The minimum Gasteiger partial charge on any atom is -0.443 e. The molecule has 0 saturated heterocycles. The van der Waals surface area contributed by atoms with Crippen molar-refractivity contribution in [3.8, 4) is 34.0 Å².